The number of rotatable bonds is 8. The average molecular weight is 411 g/mol. The van der Waals surface area contributed by atoms with Crippen molar-refractivity contribution in [1.29, 1.82) is 0 Å². The number of hydrogen-bond acceptors (Lipinski definition) is 3. The van der Waals surface area contributed by atoms with E-state index >= 15 is 0 Å². The molecule has 1 amide bonds. The Balaban J connectivity index is 1.66. The molecule has 1 aliphatic carbocycles. The third-order valence-corrected chi connectivity index (χ3v) is 7.25. The summed E-state index contributed by atoms with van der Waals surface area (Å²) in [6, 6.07) is 8.12. The average Bonchev–Trinajstić information content (AvgIpc) is 3.09. The molecule has 0 saturated carbocycles. The fraction of sp³-hybridized carbons (Fsp3) is 0.615. The molecule has 2 N–H and O–H groups in total. The van der Waals surface area contributed by atoms with Gasteiger partial charge >= 0.3 is 0 Å². The van der Waals surface area contributed by atoms with Crippen molar-refractivity contribution < 1.29 is 9.59 Å². The van der Waals surface area contributed by atoms with Crippen LogP contribution in [0.5, 0.6) is 0 Å². The van der Waals surface area contributed by atoms with Crippen molar-refractivity contribution in [3.05, 3.63) is 41.5 Å². The topological polar surface area (TPSA) is 63.4 Å². The van der Waals surface area contributed by atoms with Gasteiger partial charge in [-0.05, 0) is 42.2 Å². The van der Waals surface area contributed by atoms with Crippen LogP contribution < -0.4 is 5.73 Å². The third kappa shape index (κ3) is 4.69. The number of piperidine rings is 1. The van der Waals surface area contributed by atoms with E-state index in [1.54, 1.807) is 0 Å². The van der Waals surface area contributed by atoms with Gasteiger partial charge in [0.05, 0.1) is 6.04 Å². The van der Waals surface area contributed by atoms with Gasteiger partial charge in [-0.25, -0.2) is 0 Å². The fourth-order valence-electron chi connectivity index (χ4n) is 5.06. The first-order chi connectivity index (χ1) is 14.3. The van der Waals surface area contributed by atoms with Crippen molar-refractivity contribution in [2.75, 3.05) is 13.1 Å². The van der Waals surface area contributed by atoms with E-state index in [0.29, 0.717) is 12.3 Å². The Kier molecular flexibility index (Phi) is 7.18. The van der Waals surface area contributed by atoms with Crippen LogP contribution in [0.3, 0.4) is 0 Å². The summed E-state index contributed by atoms with van der Waals surface area (Å²) in [4.78, 5) is 28.2. The molecular weight excluding hydrogens is 372 g/mol. The number of nitrogens with two attached hydrogens (primary N) is 1. The lowest BCUT2D eigenvalue weighted by Gasteiger charge is -2.41. The van der Waals surface area contributed by atoms with Crippen molar-refractivity contribution in [3.63, 3.8) is 0 Å². The molecule has 0 radical (unpaired) electrons. The summed E-state index contributed by atoms with van der Waals surface area (Å²) >= 11 is 0. The minimum Gasteiger partial charge on any atom is -0.342 e. The molecule has 0 aromatic heterocycles. The maximum atomic E-state index is 13.4. The van der Waals surface area contributed by atoms with Gasteiger partial charge < -0.3 is 10.6 Å². The number of nitrogens with zero attached hydrogens (tertiary/aromatic N) is 1. The first kappa shape index (κ1) is 22.7. The van der Waals surface area contributed by atoms with E-state index in [2.05, 4.69) is 64.1 Å². The molecule has 164 valence electrons. The normalized spacial score (nSPS) is 20.3. The van der Waals surface area contributed by atoms with E-state index in [-0.39, 0.29) is 35.4 Å². The molecule has 1 spiro atoms. The fourth-order valence-corrected chi connectivity index (χ4v) is 5.06. The number of likely N-dealkylation sites (tertiary alicyclic amines) is 1. The van der Waals surface area contributed by atoms with Crippen molar-refractivity contribution in [1.82, 2.24) is 4.90 Å². The van der Waals surface area contributed by atoms with E-state index < -0.39 is 6.04 Å². The Bertz CT molecular complexity index is 790. The van der Waals surface area contributed by atoms with Crippen LogP contribution >= 0.6 is 0 Å². The van der Waals surface area contributed by atoms with E-state index in [1.165, 1.54) is 11.1 Å². The number of fused-ring (bicyclic) bond motifs is 2. The lowest BCUT2D eigenvalue weighted by molar-refractivity contribution is -0.141. The second-order valence-electron chi connectivity index (χ2n) is 9.80. The summed E-state index contributed by atoms with van der Waals surface area (Å²) in [5.74, 6) is 0.460. The number of ketones is 1. The highest BCUT2D eigenvalue weighted by molar-refractivity contribution is 5.90. The molecule has 4 heteroatoms. The van der Waals surface area contributed by atoms with E-state index in [0.717, 1.165) is 32.4 Å². The molecule has 30 heavy (non-hydrogen) atoms. The monoisotopic (exact) mass is 410 g/mol. The summed E-state index contributed by atoms with van der Waals surface area (Å²) in [6.45, 7) is 9.82. The van der Waals surface area contributed by atoms with Crippen LogP contribution in [-0.2, 0) is 15.0 Å². The number of benzene rings is 1. The molecule has 1 aliphatic heterocycles. The number of allylic oxidation sites excluding steroid dienone is 1. The maximum absolute atomic E-state index is 13.4. The van der Waals surface area contributed by atoms with Gasteiger partial charge in [0.15, 0.2) is 0 Å². The third-order valence-electron chi connectivity index (χ3n) is 7.25. The first-order valence-electron chi connectivity index (χ1n) is 11.6. The number of amides is 1. The molecule has 4 nitrogen and oxygen atoms in total. The summed E-state index contributed by atoms with van der Waals surface area (Å²) in [6.07, 6.45) is 8.28. The number of carbonyl (C=O) groups excluding carboxylic acids is 2. The zero-order valence-electron chi connectivity index (χ0n) is 19.1. The molecule has 1 heterocycles. The molecule has 1 saturated heterocycles. The Hall–Kier alpha value is -1.94. The number of Topliss-reactive ketones (excluding diaryl/α,β-unsaturated/α-hetero) is 1. The van der Waals surface area contributed by atoms with E-state index in [4.69, 9.17) is 5.73 Å². The molecule has 0 unspecified atom stereocenters. The van der Waals surface area contributed by atoms with Gasteiger partial charge in [-0.3, -0.25) is 9.59 Å². The zero-order chi connectivity index (χ0) is 21.9. The second-order valence-corrected chi connectivity index (χ2v) is 9.80. The van der Waals surface area contributed by atoms with Gasteiger partial charge in [-0.15, -0.1) is 0 Å². The SMILES string of the molecule is CC[C@H](C)[C@H](CC(=O)[C@@H](N)CC(C)C)C(=O)N1CCC2(C=Cc3ccccc32)CC1. The number of carbonyl (C=O) groups is 2. The van der Waals surface area contributed by atoms with Crippen molar-refractivity contribution >= 4 is 17.8 Å². The quantitative estimate of drug-likeness (QED) is 0.683. The molecule has 1 aromatic carbocycles. The predicted octanol–water partition coefficient (Wildman–Crippen LogP) is 4.57. The van der Waals surface area contributed by atoms with Gasteiger partial charge in [0.2, 0.25) is 5.91 Å². The summed E-state index contributed by atoms with van der Waals surface area (Å²) in [5.41, 5.74) is 8.89. The van der Waals surface area contributed by atoms with Crippen LogP contribution in [0, 0.1) is 17.8 Å². The standard InChI is InChI=1S/C26H38N2O2/c1-5-19(4)21(17-24(29)23(27)16-18(2)3)25(30)28-14-12-26(13-15-28)11-10-20-8-6-7-9-22(20)26/h6-11,18-19,21,23H,5,12-17,27H2,1-4H3/t19-,21-,23-/m0/s1. The van der Waals surface area contributed by atoms with Gasteiger partial charge in [-0.1, -0.05) is 70.5 Å². The molecule has 3 rings (SSSR count). The summed E-state index contributed by atoms with van der Waals surface area (Å²) in [5, 5.41) is 0. The van der Waals surface area contributed by atoms with Crippen LogP contribution in [0.4, 0.5) is 0 Å². The van der Waals surface area contributed by atoms with Crippen LogP contribution in [0.2, 0.25) is 0 Å². The van der Waals surface area contributed by atoms with Crippen LogP contribution in [0.1, 0.15) is 70.9 Å². The highest BCUT2D eigenvalue weighted by Gasteiger charge is 2.40. The molecule has 2 aliphatic rings. The molecule has 1 fully saturated rings. The zero-order valence-corrected chi connectivity index (χ0v) is 19.1. The molecule has 0 bridgehead atoms. The van der Waals surface area contributed by atoms with Crippen molar-refractivity contribution in [2.45, 2.75) is 71.3 Å². The van der Waals surface area contributed by atoms with Crippen molar-refractivity contribution in [3.8, 4) is 0 Å². The van der Waals surface area contributed by atoms with Crippen molar-refractivity contribution in [2.24, 2.45) is 23.5 Å². The van der Waals surface area contributed by atoms with E-state index in [9.17, 15) is 9.59 Å². The number of hydrogen-bond donors (Lipinski definition) is 1. The predicted molar refractivity (Wildman–Crippen MR) is 123 cm³/mol. The highest BCUT2D eigenvalue weighted by atomic mass is 16.2. The maximum Gasteiger partial charge on any atom is 0.226 e. The van der Waals surface area contributed by atoms with Gasteiger partial charge in [0.25, 0.3) is 0 Å². The first-order valence-corrected chi connectivity index (χ1v) is 11.6. The largest absolute Gasteiger partial charge is 0.342 e. The summed E-state index contributed by atoms with van der Waals surface area (Å²) in [7, 11) is 0. The van der Waals surface area contributed by atoms with E-state index in [1.807, 2.05) is 4.90 Å². The molecule has 3 atom stereocenters. The lowest BCUT2D eigenvalue weighted by atomic mass is 9.74. The van der Waals surface area contributed by atoms with Gasteiger partial charge in [-0.2, -0.15) is 0 Å². The minimum atomic E-state index is -0.464. The highest BCUT2D eigenvalue weighted by Crippen LogP contribution is 2.44. The Labute approximate surface area is 181 Å². The lowest BCUT2D eigenvalue weighted by Crippen LogP contribution is -2.48. The van der Waals surface area contributed by atoms with Gasteiger partial charge in [0.1, 0.15) is 5.78 Å². The van der Waals surface area contributed by atoms with Crippen LogP contribution in [0.15, 0.2) is 30.3 Å². The van der Waals surface area contributed by atoms with Crippen LogP contribution in [0.25, 0.3) is 6.08 Å². The molecule has 1 aromatic rings. The minimum absolute atomic E-state index is 0.0310. The van der Waals surface area contributed by atoms with Crippen LogP contribution in [-0.4, -0.2) is 35.7 Å². The summed E-state index contributed by atoms with van der Waals surface area (Å²) < 4.78 is 0. The molecular formula is C26H38N2O2. The smallest absolute Gasteiger partial charge is 0.226 e. The Morgan fingerprint density at radius 2 is 1.80 bits per heavy atom. The second kappa shape index (κ2) is 9.47. The Morgan fingerprint density at radius 1 is 1.13 bits per heavy atom. The van der Waals surface area contributed by atoms with Gasteiger partial charge in [0, 0.05) is 30.8 Å². The Morgan fingerprint density at radius 3 is 2.43 bits per heavy atom.